The number of hydrogen-bond acceptors (Lipinski definition) is 4. The van der Waals surface area contributed by atoms with Crippen LogP contribution in [0.4, 0.5) is 10.6 Å². The van der Waals surface area contributed by atoms with Crippen LogP contribution in [0, 0.1) is 0 Å². The third-order valence-corrected chi connectivity index (χ3v) is 3.72. The first-order chi connectivity index (χ1) is 10.1. The molecule has 1 aromatic heterocycles. The van der Waals surface area contributed by atoms with E-state index in [1.165, 1.54) is 0 Å². The second-order valence-electron chi connectivity index (χ2n) is 5.63. The molecule has 0 bridgehead atoms. The zero-order valence-corrected chi connectivity index (χ0v) is 12.7. The van der Waals surface area contributed by atoms with Gasteiger partial charge in [0.25, 0.3) is 0 Å². The lowest BCUT2D eigenvalue weighted by Gasteiger charge is -2.22. The number of carbonyl (C=O) groups excluding carboxylic acids is 1. The largest absolute Gasteiger partial charge is 0.393 e. The van der Waals surface area contributed by atoms with Crippen molar-refractivity contribution in [1.29, 1.82) is 0 Å². The molecular weight excluding hydrogens is 268 g/mol. The summed E-state index contributed by atoms with van der Waals surface area (Å²) < 4.78 is 0. The van der Waals surface area contributed by atoms with E-state index in [0.29, 0.717) is 13.0 Å². The summed E-state index contributed by atoms with van der Waals surface area (Å²) in [6, 6.07) is 5.92. The SMILES string of the molecule is CC(O)CCN(C)C(=O)NC1CCN(c2ccccn2)C1. The standard InChI is InChI=1S/C15H24N4O2/c1-12(20)6-9-18(2)15(21)17-13-7-10-19(11-13)14-5-3-4-8-16-14/h3-5,8,12-13,20H,6-7,9-11H2,1-2H3,(H,17,21). The van der Waals surface area contributed by atoms with Crippen LogP contribution in [-0.4, -0.2) is 59.8 Å². The van der Waals surface area contributed by atoms with Crippen LogP contribution in [0.2, 0.25) is 0 Å². The maximum absolute atomic E-state index is 12.1. The fourth-order valence-corrected chi connectivity index (χ4v) is 2.39. The molecule has 0 aliphatic carbocycles. The Morgan fingerprint density at radius 1 is 1.62 bits per heavy atom. The number of urea groups is 1. The van der Waals surface area contributed by atoms with Gasteiger partial charge in [-0.2, -0.15) is 0 Å². The summed E-state index contributed by atoms with van der Waals surface area (Å²) in [6.45, 7) is 3.97. The van der Waals surface area contributed by atoms with Gasteiger partial charge in [0, 0.05) is 38.9 Å². The van der Waals surface area contributed by atoms with E-state index in [1.807, 2.05) is 18.2 Å². The second kappa shape index (κ2) is 7.26. The number of amides is 2. The molecule has 6 heteroatoms. The van der Waals surface area contributed by atoms with Gasteiger partial charge in [-0.1, -0.05) is 6.07 Å². The number of nitrogens with zero attached hydrogens (tertiary/aromatic N) is 3. The molecule has 0 radical (unpaired) electrons. The molecule has 116 valence electrons. The van der Waals surface area contributed by atoms with Crippen molar-refractivity contribution >= 4 is 11.8 Å². The van der Waals surface area contributed by atoms with E-state index >= 15 is 0 Å². The Labute approximate surface area is 125 Å². The van der Waals surface area contributed by atoms with Gasteiger partial charge in [0.05, 0.1) is 6.10 Å². The molecule has 1 aliphatic rings. The maximum Gasteiger partial charge on any atom is 0.317 e. The van der Waals surface area contributed by atoms with E-state index < -0.39 is 0 Å². The summed E-state index contributed by atoms with van der Waals surface area (Å²) in [5, 5.41) is 12.3. The summed E-state index contributed by atoms with van der Waals surface area (Å²) in [6.07, 6.45) is 2.91. The minimum atomic E-state index is -0.383. The van der Waals surface area contributed by atoms with Crippen LogP contribution in [0.3, 0.4) is 0 Å². The van der Waals surface area contributed by atoms with Crippen molar-refractivity contribution in [1.82, 2.24) is 15.2 Å². The van der Waals surface area contributed by atoms with Crippen LogP contribution in [-0.2, 0) is 0 Å². The van der Waals surface area contributed by atoms with Crippen molar-refractivity contribution in [2.75, 3.05) is 31.6 Å². The van der Waals surface area contributed by atoms with Crippen LogP contribution in [0.1, 0.15) is 19.8 Å². The molecule has 2 unspecified atom stereocenters. The van der Waals surface area contributed by atoms with Crippen LogP contribution in [0.25, 0.3) is 0 Å². The van der Waals surface area contributed by atoms with Gasteiger partial charge in [0.15, 0.2) is 0 Å². The Hall–Kier alpha value is -1.82. The minimum Gasteiger partial charge on any atom is -0.393 e. The van der Waals surface area contributed by atoms with E-state index in [4.69, 9.17) is 0 Å². The summed E-state index contributed by atoms with van der Waals surface area (Å²) in [5.74, 6) is 0.955. The highest BCUT2D eigenvalue weighted by molar-refractivity contribution is 5.74. The average Bonchev–Trinajstić information content (AvgIpc) is 2.94. The lowest BCUT2D eigenvalue weighted by Crippen LogP contribution is -2.44. The highest BCUT2D eigenvalue weighted by Crippen LogP contribution is 2.17. The number of rotatable bonds is 5. The maximum atomic E-state index is 12.1. The fraction of sp³-hybridized carbons (Fsp3) is 0.600. The summed E-state index contributed by atoms with van der Waals surface area (Å²) in [5.41, 5.74) is 0. The van der Waals surface area contributed by atoms with Crippen molar-refractivity contribution < 1.29 is 9.90 Å². The Morgan fingerprint density at radius 2 is 2.43 bits per heavy atom. The predicted molar refractivity (Wildman–Crippen MR) is 82.3 cm³/mol. The predicted octanol–water partition coefficient (Wildman–Crippen LogP) is 1.07. The number of aromatic nitrogens is 1. The zero-order valence-electron chi connectivity index (χ0n) is 12.7. The van der Waals surface area contributed by atoms with E-state index in [-0.39, 0.29) is 18.2 Å². The number of carbonyl (C=O) groups is 1. The monoisotopic (exact) mass is 292 g/mol. The van der Waals surface area contributed by atoms with Gasteiger partial charge in [-0.05, 0) is 31.9 Å². The average molecular weight is 292 g/mol. The molecule has 2 rings (SSSR count). The smallest absolute Gasteiger partial charge is 0.317 e. The molecule has 2 atom stereocenters. The van der Waals surface area contributed by atoms with Crippen molar-refractivity contribution in [2.24, 2.45) is 0 Å². The van der Waals surface area contributed by atoms with Crippen LogP contribution in [0.15, 0.2) is 24.4 Å². The third-order valence-electron chi connectivity index (χ3n) is 3.72. The molecule has 2 heterocycles. The van der Waals surface area contributed by atoms with Gasteiger partial charge in [0.2, 0.25) is 0 Å². The van der Waals surface area contributed by atoms with Gasteiger partial charge >= 0.3 is 6.03 Å². The second-order valence-corrected chi connectivity index (χ2v) is 5.63. The first kappa shape index (κ1) is 15.6. The molecule has 0 spiro atoms. The number of hydrogen-bond donors (Lipinski definition) is 2. The number of anilines is 1. The van der Waals surface area contributed by atoms with Crippen LogP contribution >= 0.6 is 0 Å². The zero-order chi connectivity index (χ0) is 15.2. The number of nitrogens with one attached hydrogen (secondary N) is 1. The molecule has 0 aromatic carbocycles. The van der Waals surface area contributed by atoms with Crippen molar-refractivity contribution in [3.8, 4) is 0 Å². The van der Waals surface area contributed by atoms with Crippen LogP contribution < -0.4 is 10.2 Å². The molecular formula is C15H24N4O2. The minimum absolute atomic E-state index is 0.0801. The topological polar surface area (TPSA) is 68.7 Å². The van der Waals surface area contributed by atoms with E-state index in [9.17, 15) is 9.90 Å². The summed E-state index contributed by atoms with van der Waals surface area (Å²) >= 11 is 0. The molecule has 0 saturated carbocycles. The number of aliphatic hydroxyl groups excluding tert-OH is 1. The van der Waals surface area contributed by atoms with Crippen molar-refractivity contribution in [3.05, 3.63) is 24.4 Å². The summed E-state index contributed by atoms with van der Waals surface area (Å²) in [4.78, 5) is 20.2. The van der Waals surface area contributed by atoms with Gasteiger partial charge in [-0.3, -0.25) is 0 Å². The lowest BCUT2D eigenvalue weighted by molar-refractivity contribution is 0.162. The molecule has 1 saturated heterocycles. The van der Waals surface area contributed by atoms with Crippen LogP contribution in [0.5, 0.6) is 0 Å². The van der Waals surface area contributed by atoms with Crippen molar-refractivity contribution in [2.45, 2.75) is 31.9 Å². The third kappa shape index (κ3) is 4.60. The molecule has 2 amide bonds. The highest BCUT2D eigenvalue weighted by Gasteiger charge is 2.25. The molecule has 1 aromatic rings. The fourth-order valence-electron chi connectivity index (χ4n) is 2.39. The molecule has 1 fully saturated rings. The molecule has 21 heavy (non-hydrogen) atoms. The molecule has 1 aliphatic heterocycles. The van der Waals surface area contributed by atoms with Gasteiger partial charge in [0.1, 0.15) is 5.82 Å². The summed E-state index contributed by atoms with van der Waals surface area (Å²) in [7, 11) is 1.75. The molecule has 6 nitrogen and oxygen atoms in total. The Kier molecular flexibility index (Phi) is 5.38. The Bertz CT molecular complexity index is 452. The first-order valence-corrected chi connectivity index (χ1v) is 7.42. The lowest BCUT2D eigenvalue weighted by atomic mass is 10.2. The molecule has 2 N–H and O–H groups in total. The Morgan fingerprint density at radius 3 is 3.10 bits per heavy atom. The number of pyridine rings is 1. The van der Waals surface area contributed by atoms with E-state index in [0.717, 1.165) is 25.3 Å². The van der Waals surface area contributed by atoms with E-state index in [2.05, 4.69) is 15.2 Å². The first-order valence-electron chi connectivity index (χ1n) is 7.42. The van der Waals surface area contributed by atoms with Gasteiger partial charge < -0.3 is 20.2 Å². The van der Waals surface area contributed by atoms with Gasteiger partial charge in [-0.25, -0.2) is 9.78 Å². The van der Waals surface area contributed by atoms with Crippen molar-refractivity contribution in [3.63, 3.8) is 0 Å². The quantitative estimate of drug-likeness (QED) is 0.852. The highest BCUT2D eigenvalue weighted by atomic mass is 16.3. The number of aliphatic hydroxyl groups is 1. The Balaban J connectivity index is 1.78. The van der Waals surface area contributed by atoms with Gasteiger partial charge in [-0.15, -0.1) is 0 Å². The normalized spacial score (nSPS) is 19.4. The van der Waals surface area contributed by atoms with E-state index in [1.54, 1.807) is 25.1 Å².